The Morgan fingerprint density at radius 1 is 1.00 bits per heavy atom. The second kappa shape index (κ2) is 4.83. The van der Waals surface area contributed by atoms with Crippen molar-refractivity contribution in [2.24, 2.45) is 0 Å². The fraction of sp³-hybridized carbons (Fsp3) is 0. The minimum absolute atomic E-state index is 0.0770. The van der Waals surface area contributed by atoms with Crippen molar-refractivity contribution in [2.75, 3.05) is 0 Å². The summed E-state index contributed by atoms with van der Waals surface area (Å²) in [6.45, 7) is 0. The first-order valence-corrected chi connectivity index (χ1v) is 6.81. The van der Waals surface area contributed by atoms with E-state index < -0.39 is 0 Å². The van der Waals surface area contributed by atoms with Gasteiger partial charge in [-0.3, -0.25) is 4.79 Å². The van der Waals surface area contributed by atoms with Crippen LogP contribution >= 0.6 is 27.5 Å². The van der Waals surface area contributed by atoms with Crippen LogP contribution in [0.2, 0.25) is 5.02 Å². The minimum atomic E-state index is -0.0770. The summed E-state index contributed by atoms with van der Waals surface area (Å²) in [6, 6.07) is 14.3. The third kappa shape index (κ3) is 2.20. The largest absolute Gasteiger partial charge is 0.455 e. The van der Waals surface area contributed by atoms with E-state index in [1.165, 1.54) is 0 Å². The number of benzene rings is 2. The predicted octanol–water partition coefficient (Wildman–Crippen LogP) is 4.88. The van der Waals surface area contributed by atoms with E-state index in [2.05, 4.69) is 15.9 Å². The van der Waals surface area contributed by atoms with E-state index in [1.54, 1.807) is 24.3 Å². The summed E-state index contributed by atoms with van der Waals surface area (Å²) in [6.07, 6.45) is 0. The van der Waals surface area contributed by atoms with Gasteiger partial charge in [-0.15, -0.1) is 0 Å². The summed E-state index contributed by atoms with van der Waals surface area (Å²) in [4.78, 5) is 12.3. The summed E-state index contributed by atoms with van der Waals surface area (Å²) in [7, 11) is 0. The van der Waals surface area contributed by atoms with E-state index in [1.807, 2.05) is 24.3 Å². The molecule has 0 atom stereocenters. The molecule has 2 nitrogen and oxygen atoms in total. The summed E-state index contributed by atoms with van der Waals surface area (Å²) in [5.74, 6) is 0.514. The standard InChI is InChI=1S/C15H8BrClO2/c16-13-14(18)11-3-1-2-4-12(11)19-15(13)9-5-7-10(17)8-6-9/h1-8H. The van der Waals surface area contributed by atoms with Crippen LogP contribution in [0.25, 0.3) is 22.3 Å². The molecule has 0 saturated carbocycles. The normalized spacial score (nSPS) is 10.8. The molecule has 0 aliphatic carbocycles. The van der Waals surface area contributed by atoms with Crippen molar-refractivity contribution in [3.8, 4) is 11.3 Å². The number of halogens is 2. The molecule has 19 heavy (non-hydrogen) atoms. The molecule has 2 aromatic carbocycles. The van der Waals surface area contributed by atoms with Crippen LogP contribution in [0.1, 0.15) is 0 Å². The molecule has 0 saturated heterocycles. The van der Waals surface area contributed by atoms with Crippen molar-refractivity contribution in [3.05, 3.63) is 68.2 Å². The molecule has 94 valence electrons. The predicted molar refractivity (Wildman–Crippen MR) is 80.6 cm³/mol. The highest BCUT2D eigenvalue weighted by Gasteiger charge is 2.13. The van der Waals surface area contributed by atoms with Crippen LogP contribution in [-0.4, -0.2) is 0 Å². The Balaban J connectivity index is 2.33. The smallest absolute Gasteiger partial charge is 0.207 e. The van der Waals surface area contributed by atoms with E-state index in [0.29, 0.717) is 26.2 Å². The molecule has 0 N–H and O–H groups in total. The maximum atomic E-state index is 12.3. The van der Waals surface area contributed by atoms with Gasteiger partial charge in [0.2, 0.25) is 5.43 Å². The fourth-order valence-corrected chi connectivity index (χ4v) is 2.56. The third-order valence-electron chi connectivity index (χ3n) is 2.85. The fourth-order valence-electron chi connectivity index (χ4n) is 1.91. The number of hydrogen-bond acceptors (Lipinski definition) is 2. The SMILES string of the molecule is O=c1c(Br)c(-c2ccc(Cl)cc2)oc2ccccc12. The Morgan fingerprint density at radius 3 is 2.42 bits per heavy atom. The van der Waals surface area contributed by atoms with Gasteiger partial charge in [0.05, 0.1) is 5.39 Å². The average molecular weight is 336 g/mol. The van der Waals surface area contributed by atoms with Gasteiger partial charge < -0.3 is 4.42 Å². The number of fused-ring (bicyclic) bond motifs is 1. The monoisotopic (exact) mass is 334 g/mol. The zero-order chi connectivity index (χ0) is 13.4. The molecule has 0 aliphatic rings. The van der Waals surface area contributed by atoms with E-state index in [9.17, 15) is 4.79 Å². The van der Waals surface area contributed by atoms with Gasteiger partial charge >= 0.3 is 0 Å². The Labute approximate surface area is 122 Å². The van der Waals surface area contributed by atoms with Gasteiger partial charge in [0.25, 0.3) is 0 Å². The summed E-state index contributed by atoms with van der Waals surface area (Å²) < 4.78 is 6.23. The van der Waals surface area contributed by atoms with Crippen molar-refractivity contribution in [1.82, 2.24) is 0 Å². The Bertz CT molecular complexity index is 806. The van der Waals surface area contributed by atoms with Gasteiger partial charge in [-0.1, -0.05) is 23.7 Å². The van der Waals surface area contributed by atoms with Gasteiger partial charge in [-0.2, -0.15) is 0 Å². The van der Waals surface area contributed by atoms with E-state index >= 15 is 0 Å². The molecule has 0 fully saturated rings. The van der Waals surface area contributed by atoms with Crippen LogP contribution in [0, 0.1) is 0 Å². The lowest BCUT2D eigenvalue weighted by molar-refractivity contribution is 0.615. The molecule has 4 heteroatoms. The third-order valence-corrected chi connectivity index (χ3v) is 3.82. The maximum absolute atomic E-state index is 12.3. The number of para-hydroxylation sites is 1. The molecule has 0 unspecified atom stereocenters. The van der Waals surface area contributed by atoms with Crippen LogP contribution in [0.5, 0.6) is 0 Å². The van der Waals surface area contributed by atoms with Crippen LogP contribution in [0.15, 0.2) is 62.2 Å². The highest BCUT2D eigenvalue weighted by atomic mass is 79.9. The van der Waals surface area contributed by atoms with Gasteiger partial charge in [-0.05, 0) is 52.3 Å². The molecule has 0 bridgehead atoms. The first-order chi connectivity index (χ1) is 9.16. The zero-order valence-electron chi connectivity index (χ0n) is 9.69. The van der Waals surface area contributed by atoms with Gasteiger partial charge in [0, 0.05) is 10.6 Å². The Hall–Kier alpha value is -1.58. The van der Waals surface area contributed by atoms with E-state index in [4.69, 9.17) is 16.0 Å². The lowest BCUT2D eigenvalue weighted by atomic mass is 10.1. The second-order valence-corrected chi connectivity index (χ2v) is 5.31. The minimum Gasteiger partial charge on any atom is -0.455 e. The average Bonchev–Trinajstić information content (AvgIpc) is 2.44. The molecule has 0 amide bonds. The first kappa shape index (κ1) is 12.5. The Morgan fingerprint density at radius 2 is 1.68 bits per heavy atom. The molecular weight excluding hydrogens is 328 g/mol. The lowest BCUT2D eigenvalue weighted by Gasteiger charge is -2.05. The van der Waals surface area contributed by atoms with Crippen molar-refractivity contribution >= 4 is 38.5 Å². The van der Waals surface area contributed by atoms with Gasteiger partial charge in [0.1, 0.15) is 10.1 Å². The highest BCUT2D eigenvalue weighted by molar-refractivity contribution is 9.10. The summed E-state index contributed by atoms with van der Waals surface area (Å²) in [5.41, 5.74) is 1.30. The molecule has 1 heterocycles. The highest BCUT2D eigenvalue weighted by Crippen LogP contribution is 2.29. The topological polar surface area (TPSA) is 30.2 Å². The van der Waals surface area contributed by atoms with Gasteiger partial charge in [-0.25, -0.2) is 0 Å². The molecule has 1 aromatic heterocycles. The molecule has 3 aromatic rings. The van der Waals surface area contributed by atoms with E-state index in [0.717, 1.165) is 5.56 Å². The molecule has 0 radical (unpaired) electrons. The van der Waals surface area contributed by atoms with Crippen molar-refractivity contribution in [1.29, 1.82) is 0 Å². The van der Waals surface area contributed by atoms with Crippen LogP contribution in [0.3, 0.4) is 0 Å². The van der Waals surface area contributed by atoms with Crippen LogP contribution in [0.4, 0.5) is 0 Å². The molecule has 0 aliphatic heterocycles. The van der Waals surface area contributed by atoms with Crippen molar-refractivity contribution in [3.63, 3.8) is 0 Å². The van der Waals surface area contributed by atoms with Crippen LogP contribution < -0.4 is 5.43 Å². The molecular formula is C15H8BrClO2. The van der Waals surface area contributed by atoms with E-state index in [-0.39, 0.29) is 5.43 Å². The maximum Gasteiger partial charge on any atom is 0.207 e. The van der Waals surface area contributed by atoms with Crippen molar-refractivity contribution < 1.29 is 4.42 Å². The molecule has 0 spiro atoms. The molecule has 3 rings (SSSR count). The van der Waals surface area contributed by atoms with Gasteiger partial charge in [0.15, 0.2) is 5.76 Å². The second-order valence-electron chi connectivity index (χ2n) is 4.08. The lowest BCUT2D eigenvalue weighted by Crippen LogP contribution is -2.03. The summed E-state index contributed by atoms with van der Waals surface area (Å²) >= 11 is 9.18. The first-order valence-electron chi connectivity index (χ1n) is 5.64. The quantitative estimate of drug-likeness (QED) is 0.634. The number of hydrogen-bond donors (Lipinski definition) is 0. The number of rotatable bonds is 1. The van der Waals surface area contributed by atoms with Crippen molar-refractivity contribution in [2.45, 2.75) is 0 Å². The van der Waals surface area contributed by atoms with Crippen LogP contribution in [-0.2, 0) is 0 Å². The zero-order valence-corrected chi connectivity index (χ0v) is 12.0. The Kier molecular flexibility index (Phi) is 3.17. The summed E-state index contributed by atoms with van der Waals surface area (Å²) in [5, 5.41) is 1.20.